The first-order valence-corrected chi connectivity index (χ1v) is 9.94. The Morgan fingerprint density at radius 2 is 2.10 bits per heavy atom. The molecule has 4 rings (SSSR count). The van der Waals surface area contributed by atoms with Crippen molar-refractivity contribution in [3.05, 3.63) is 57.8 Å². The summed E-state index contributed by atoms with van der Waals surface area (Å²) in [6.07, 6.45) is 0.0473. The number of amides is 2. The van der Waals surface area contributed by atoms with Crippen molar-refractivity contribution in [2.45, 2.75) is 37.8 Å². The number of rotatable bonds is 5. The van der Waals surface area contributed by atoms with Gasteiger partial charge in [0.1, 0.15) is 5.75 Å². The predicted octanol–water partition coefficient (Wildman–Crippen LogP) is 1.40. The molecule has 0 saturated carbocycles. The first-order valence-electron chi connectivity index (χ1n) is 9.15. The molecule has 1 aromatic heterocycles. The highest BCUT2D eigenvalue weighted by molar-refractivity contribution is 9.10. The van der Waals surface area contributed by atoms with Crippen LogP contribution < -0.4 is 5.32 Å². The molecule has 2 amide bonds. The number of carbonyl (C=O) groups excluding carboxylic acids is 2. The predicted molar refractivity (Wildman–Crippen MR) is 106 cm³/mol. The third-order valence-electron chi connectivity index (χ3n) is 5.33. The standard InChI is InChI=1S/C20H20BrN3O5/c1-11(12-4-5-14(21)16(25)7-12)23-19(28)20(10-29-20)17(26)18(27)24-8-13-3-2-6-22-15(13)9-24/h2-7,11,17,25-26H,8-10H2,1H3,(H,23,28)/t11-,17+,20-/m1/s1. The van der Waals surface area contributed by atoms with Gasteiger partial charge in [0, 0.05) is 12.7 Å². The van der Waals surface area contributed by atoms with Crippen LogP contribution >= 0.6 is 15.9 Å². The summed E-state index contributed by atoms with van der Waals surface area (Å²) < 4.78 is 5.82. The summed E-state index contributed by atoms with van der Waals surface area (Å²) in [4.78, 5) is 31.3. The lowest BCUT2D eigenvalue weighted by Crippen LogP contribution is -2.53. The normalized spacial score (nSPS) is 22.0. The number of epoxide rings is 1. The highest BCUT2D eigenvalue weighted by atomic mass is 79.9. The third kappa shape index (κ3) is 3.61. The van der Waals surface area contributed by atoms with Gasteiger partial charge in [-0.05, 0) is 52.2 Å². The molecule has 1 fully saturated rings. The minimum atomic E-state index is -1.61. The fourth-order valence-electron chi connectivity index (χ4n) is 3.42. The number of aliphatic hydroxyl groups is 1. The van der Waals surface area contributed by atoms with E-state index in [0.29, 0.717) is 23.1 Å². The zero-order chi connectivity index (χ0) is 20.8. The van der Waals surface area contributed by atoms with Gasteiger partial charge < -0.3 is 25.2 Å². The quantitative estimate of drug-likeness (QED) is 0.579. The molecule has 3 N–H and O–H groups in total. The number of benzene rings is 1. The van der Waals surface area contributed by atoms with E-state index in [2.05, 4.69) is 26.2 Å². The number of carbonyl (C=O) groups is 2. The van der Waals surface area contributed by atoms with Crippen LogP contribution in [0.15, 0.2) is 41.0 Å². The molecule has 152 valence electrons. The minimum Gasteiger partial charge on any atom is -0.507 e. The van der Waals surface area contributed by atoms with Crippen molar-refractivity contribution in [2.75, 3.05) is 6.61 Å². The number of hydrogen-bond acceptors (Lipinski definition) is 6. The number of nitrogens with one attached hydrogen (secondary N) is 1. The highest BCUT2D eigenvalue weighted by Crippen LogP contribution is 2.35. The van der Waals surface area contributed by atoms with Gasteiger partial charge in [-0.1, -0.05) is 12.1 Å². The number of hydrogen-bond donors (Lipinski definition) is 3. The van der Waals surface area contributed by atoms with Crippen LogP contribution in [-0.4, -0.2) is 50.2 Å². The van der Waals surface area contributed by atoms with Gasteiger partial charge in [-0.15, -0.1) is 0 Å². The molecule has 2 aromatic rings. The molecule has 2 aliphatic rings. The number of phenols is 1. The number of fused-ring (bicyclic) bond motifs is 1. The summed E-state index contributed by atoms with van der Waals surface area (Å²) >= 11 is 3.21. The summed E-state index contributed by atoms with van der Waals surface area (Å²) in [5, 5.41) is 23.2. The Morgan fingerprint density at radius 3 is 2.76 bits per heavy atom. The molecule has 0 unspecified atom stereocenters. The van der Waals surface area contributed by atoms with Crippen LogP contribution in [0.4, 0.5) is 0 Å². The molecule has 0 radical (unpaired) electrons. The van der Waals surface area contributed by atoms with Gasteiger partial charge in [-0.3, -0.25) is 14.6 Å². The molecule has 0 spiro atoms. The molecule has 3 heterocycles. The van der Waals surface area contributed by atoms with Crippen LogP contribution in [0.1, 0.15) is 29.8 Å². The van der Waals surface area contributed by atoms with Crippen LogP contribution in [-0.2, 0) is 27.4 Å². The number of aliphatic hydroxyl groups excluding tert-OH is 1. The lowest BCUT2D eigenvalue weighted by molar-refractivity contribution is -0.150. The van der Waals surface area contributed by atoms with Crippen LogP contribution in [0.5, 0.6) is 5.75 Å². The molecular weight excluding hydrogens is 442 g/mol. The molecule has 1 saturated heterocycles. The monoisotopic (exact) mass is 461 g/mol. The SMILES string of the molecule is C[C@@H](NC(=O)[C@]1([C@@H](O)C(=O)N2Cc3cccnc3C2)CO1)c1ccc(Br)c(O)c1. The maximum Gasteiger partial charge on any atom is 0.258 e. The highest BCUT2D eigenvalue weighted by Gasteiger charge is 2.61. The number of nitrogens with zero attached hydrogens (tertiary/aromatic N) is 2. The summed E-state index contributed by atoms with van der Waals surface area (Å²) in [7, 11) is 0. The second-order valence-electron chi connectivity index (χ2n) is 7.29. The summed E-state index contributed by atoms with van der Waals surface area (Å²) in [6, 6.07) is 8.19. The molecule has 2 aliphatic heterocycles. The third-order valence-corrected chi connectivity index (χ3v) is 6.00. The van der Waals surface area contributed by atoms with Crippen molar-refractivity contribution < 1.29 is 24.5 Å². The van der Waals surface area contributed by atoms with Crippen molar-refractivity contribution in [1.29, 1.82) is 0 Å². The van der Waals surface area contributed by atoms with Gasteiger partial charge in [0.2, 0.25) is 5.60 Å². The van der Waals surface area contributed by atoms with Crippen molar-refractivity contribution >= 4 is 27.7 Å². The van der Waals surface area contributed by atoms with Gasteiger partial charge in [0.05, 0.1) is 29.4 Å². The average Bonchev–Trinajstić information content (AvgIpc) is 3.41. The Balaban J connectivity index is 1.43. The van der Waals surface area contributed by atoms with E-state index in [1.54, 1.807) is 31.3 Å². The van der Waals surface area contributed by atoms with Gasteiger partial charge >= 0.3 is 0 Å². The Kier molecular flexibility index (Phi) is 5.05. The van der Waals surface area contributed by atoms with E-state index in [9.17, 15) is 19.8 Å². The van der Waals surface area contributed by atoms with Crippen molar-refractivity contribution in [3.63, 3.8) is 0 Å². The lowest BCUT2D eigenvalue weighted by atomic mass is 9.99. The molecule has 0 aliphatic carbocycles. The molecule has 3 atom stereocenters. The molecule has 29 heavy (non-hydrogen) atoms. The topological polar surface area (TPSA) is 115 Å². The van der Waals surface area contributed by atoms with Crippen molar-refractivity contribution in [3.8, 4) is 5.75 Å². The summed E-state index contributed by atoms with van der Waals surface area (Å²) in [6.45, 7) is 2.33. The van der Waals surface area contributed by atoms with E-state index in [1.165, 1.54) is 11.0 Å². The Morgan fingerprint density at radius 1 is 1.34 bits per heavy atom. The fraction of sp³-hybridized carbons (Fsp3) is 0.350. The minimum absolute atomic E-state index is 0.0386. The second-order valence-corrected chi connectivity index (χ2v) is 8.14. The number of halogens is 1. The number of aromatic nitrogens is 1. The number of phenolic OH excluding ortho intramolecular Hbond substituents is 1. The number of aromatic hydroxyl groups is 1. The molecule has 9 heteroatoms. The van der Waals surface area contributed by atoms with E-state index < -0.39 is 29.6 Å². The Hall–Kier alpha value is -2.49. The number of ether oxygens (including phenoxy) is 1. The first kappa shape index (κ1) is 19.8. The molecule has 1 aromatic carbocycles. The van der Waals surface area contributed by atoms with Crippen LogP contribution in [0.2, 0.25) is 0 Å². The van der Waals surface area contributed by atoms with Crippen molar-refractivity contribution in [1.82, 2.24) is 15.2 Å². The van der Waals surface area contributed by atoms with Gasteiger partial charge in [0.15, 0.2) is 6.10 Å². The van der Waals surface area contributed by atoms with E-state index >= 15 is 0 Å². The van der Waals surface area contributed by atoms with Gasteiger partial charge in [-0.2, -0.15) is 0 Å². The average molecular weight is 462 g/mol. The fourth-order valence-corrected chi connectivity index (χ4v) is 3.67. The molecule has 8 nitrogen and oxygen atoms in total. The lowest BCUT2D eigenvalue weighted by Gasteiger charge is -2.24. The second kappa shape index (κ2) is 7.40. The maximum atomic E-state index is 12.8. The molecule has 0 bridgehead atoms. The van der Waals surface area contributed by atoms with Gasteiger partial charge in [-0.25, -0.2) is 0 Å². The maximum absolute atomic E-state index is 12.8. The summed E-state index contributed by atoms with van der Waals surface area (Å²) in [5.74, 6) is -1.08. The van der Waals surface area contributed by atoms with Crippen LogP contribution in [0.25, 0.3) is 0 Å². The Labute approximate surface area is 175 Å². The smallest absolute Gasteiger partial charge is 0.258 e. The zero-order valence-corrected chi connectivity index (χ0v) is 17.2. The van der Waals surface area contributed by atoms with Crippen molar-refractivity contribution in [2.24, 2.45) is 0 Å². The first-order chi connectivity index (χ1) is 13.8. The van der Waals surface area contributed by atoms with E-state index in [1.807, 2.05) is 6.07 Å². The van der Waals surface area contributed by atoms with E-state index in [0.717, 1.165) is 11.3 Å². The molecular formula is C20H20BrN3O5. The van der Waals surface area contributed by atoms with Crippen LogP contribution in [0, 0.1) is 0 Å². The van der Waals surface area contributed by atoms with Crippen LogP contribution in [0.3, 0.4) is 0 Å². The Bertz CT molecular complexity index is 953. The number of pyridine rings is 1. The van der Waals surface area contributed by atoms with Gasteiger partial charge in [0.25, 0.3) is 11.8 Å². The largest absolute Gasteiger partial charge is 0.507 e. The van der Waals surface area contributed by atoms with E-state index in [-0.39, 0.29) is 12.4 Å². The summed E-state index contributed by atoms with van der Waals surface area (Å²) in [5.41, 5.74) is 0.793. The van der Waals surface area contributed by atoms with E-state index in [4.69, 9.17) is 4.74 Å². The zero-order valence-electron chi connectivity index (χ0n) is 15.6.